The number of benzene rings is 1. The second kappa shape index (κ2) is 10.3. The number of carbonyl (C=O) groups excluding carboxylic acids is 1. The molecule has 5 heteroatoms. The van der Waals surface area contributed by atoms with Crippen molar-refractivity contribution in [1.29, 1.82) is 0 Å². The Labute approximate surface area is 169 Å². The maximum atomic E-state index is 11.9. The number of hydrogen-bond acceptors (Lipinski definition) is 4. The normalized spacial score (nSPS) is 20.9. The van der Waals surface area contributed by atoms with Crippen molar-refractivity contribution in [2.75, 3.05) is 39.4 Å². The molecule has 28 heavy (non-hydrogen) atoms. The Balaban J connectivity index is 1.42. The van der Waals surface area contributed by atoms with Crippen LogP contribution < -0.4 is 0 Å². The molecule has 5 nitrogen and oxygen atoms in total. The van der Waals surface area contributed by atoms with Crippen LogP contribution in [0.2, 0.25) is 0 Å². The summed E-state index contributed by atoms with van der Waals surface area (Å²) in [6, 6.07) is 11.2. The minimum Gasteiger partial charge on any atom is -0.450 e. The Kier molecular flexibility index (Phi) is 7.74. The topological polar surface area (TPSA) is 53.0 Å². The molecule has 1 amide bonds. The van der Waals surface area contributed by atoms with Crippen molar-refractivity contribution in [2.45, 2.75) is 57.9 Å². The van der Waals surface area contributed by atoms with Crippen molar-refractivity contribution in [1.82, 2.24) is 9.80 Å². The van der Waals surface area contributed by atoms with Crippen LogP contribution in [0.1, 0.15) is 51.0 Å². The van der Waals surface area contributed by atoms with Gasteiger partial charge >= 0.3 is 6.09 Å². The number of aryl methyl sites for hydroxylation is 1. The van der Waals surface area contributed by atoms with Crippen LogP contribution in [0.25, 0.3) is 0 Å². The fraction of sp³-hybridized carbons (Fsp3) is 0.696. The molecule has 0 aliphatic carbocycles. The van der Waals surface area contributed by atoms with Gasteiger partial charge in [-0.1, -0.05) is 30.3 Å². The summed E-state index contributed by atoms with van der Waals surface area (Å²) in [6.45, 7) is 6.32. The molecule has 2 fully saturated rings. The van der Waals surface area contributed by atoms with Gasteiger partial charge in [-0.25, -0.2) is 4.79 Å². The van der Waals surface area contributed by atoms with Gasteiger partial charge in [-0.05, 0) is 75.9 Å². The molecule has 0 radical (unpaired) electrons. The van der Waals surface area contributed by atoms with Crippen LogP contribution in [-0.2, 0) is 11.2 Å². The van der Waals surface area contributed by atoms with Gasteiger partial charge in [0, 0.05) is 25.7 Å². The molecule has 3 rings (SSSR count). The van der Waals surface area contributed by atoms with E-state index < -0.39 is 0 Å². The van der Waals surface area contributed by atoms with Gasteiger partial charge < -0.3 is 19.6 Å². The third-order valence-electron chi connectivity index (χ3n) is 6.72. The maximum absolute atomic E-state index is 11.9. The van der Waals surface area contributed by atoms with Crippen molar-refractivity contribution < 1.29 is 14.6 Å². The Bertz CT molecular complexity index is 591. The summed E-state index contributed by atoms with van der Waals surface area (Å²) < 4.78 is 5.12. The number of hydrogen-bond donors (Lipinski definition) is 1. The Morgan fingerprint density at radius 2 is 1.82 bits per heavy atom. The molecular formula is C23H36N2O3. The number of aliphatic hydroxyl groups is 1. The maximum Gasteiger partial charge on any atom is 0.409 e. The van der Waals surface area contributed by atoms with Crippen LogP contribution in [0.3, 0.4) is 0 Å². The van der Waals surface area contributed by atoms with Crippen molar-refractivity contribution in [3.8, 4) is 0 Å². The van der Waals surface area contributed by atoms with Gasteiger partial charge in [-0.3, -0.25) is 0 Å². The van der Waals surface area contributed by atoms with E-state index in [1.54, 1.807) is 0 Å². The lowest BCUT2D eigenvalue weighted by Crippen LogP contribution is -2.51. The number of amides is 1. The third kappa shape index (κ3) is 5.48. The van der Waals surface area contributed by atoms with Gasteiger partial charge in [-0.2, -0.15) is 0 Å². The van der Waals surface area contributed by atoms with Gasteiger partial charge in [0.05, 0.1) is 6.61 Å². The highest BCUT2D eigenvalue weighted by molar-refractivity contribution is 5.67. The first-order chi connectivity index (χ1) is 13.7. The van der Waals surface area contributed by atoms with Gasteiger partial charge in [0.25, 0.3) is 0 Å². The Morgan fingerprint density at radius 3 is 2.43 bits per heavy atom. The van der Waals surface area contributed by atoms with Crippen molar-refractivity contribution >= 4 is 6.09 Å². The molecule has 1 aromatic carbocycles. The molecule has 2 aliphatic rings. The average Bonchev–Trinajstić information content (AvgIpc) is 2.75. The summed E-state index contributed by atoms with van der Waals surface area (Å²) >= 11 is 0. The highest BCUT2D eigenvalue weighted by Gasteiger charge is 2.36. The number of carbonyl (C=O) groups is 1. The zero-order chi connectivity index (χ0) is 19.8. The number of likely N-dealkylation sites (tertiary alicyclic amines) is 2. The first-order valence-electron chi connectivity index (χ1n) is 11.0. The van der Waals surface area contributed by atoms with Crippen LogP contribution in [0.15, 0.2) is 30.3 Å². The predicted molar refractivity (Wildman–Crippen MR) is 111 cm³/mol. The molecule has 0 bridgehead atoms. The minimum absolute atomic E-state index is 0.0942. The van der Waals surface area contributed by atoms with Crippen LogP contribution in [0, 0.1) is 5.41 Å². The number of nitrogens with zero attached hydrogens (tertiary/aromatic N) is 2. The highest BCUT2D eigenvalue weighted by Crippen LogP contribution is 2.37. The summed E-state index contributed by atoms with van der Waals surface area (Å²) in [5.74, 6) is 0. The molecule has 1 N–H and O–H groups in total. The second-order valence-electron chi connectivity index (χ2n) is 8.45. The lowest BCUT2D eigenvalue weighted by atomic mass is 9.74. The zero-order valence-corrected chi connectivity index (χ0v) is 17.3. The standard InChI is InChI=1S/C23H36N2O3/c1-2-28-22(27)25-15-10-21(11-16-25)24-17-13-23(19-26,14-18-24)12-6-9-20-7-4-3-5-8-20/h3-5,7-8,21,26H,2,6,9-19H2,1H3. The van der Waals surface area contributed by atoms with E-state index in [4.69, 9.17) is 4.74 Å². The first kappa shape index (κ1) is 21.1. The van der Waals surface area contributed by atoms with Crippen LogP contribution in [0.4, 0.5) is 4.79 Å². The Hall–Kier alpha value is -1.59. The molecule has 2 aliphatic heterocycles. The quantitative estimate of drug-likeness (QED) is 0.774. The van der Waals surface area contributed by atoms with E-state index in [1.807, 2.05) is 11.8 Å². The molecule has 0 atom stereocenters. The molecule has 0 aromatic heterocycles. The summed E-state index contributed by atoms with van der Waals surface area (Å²) in [7, 11) is 0. The van der Waals surface area contributed by atoms with E-state index in [1.165, 1.54) is 5.56 Å². The predicted octanol–water partition coefficient (Wildman–Crippen LogP) is 3.70. The SMILES string of the molecule is CCOC(=O)N1CCC(N2CCC(CO)(CCCc3ccccc3)CC2)CC1. The molecule has 2 saturated heterocycles. The zero-order valence-electron chi connectivity index (χ0n) is 17.3. The fourth-order valence-electron chi connectivity index (χ4n) is 4.79. The molecule has 1 aromatic rings. The van der Waals surface area contributed by atoms with E-state index in [0.717, 1.165) is 71.1 Å². The Morgan fingerprint density at radius 1 is 1.14 bits per heavy atom. The number of ether oxygens (including phenoxy) is 1. The van der Waals surface area contributed by atoms with E-state index in [-0.39, 0.29) is 11.5 Å². The van der Waals surface area contributed by atoms with E-state index in [2.05, 4.69) is 35.2 Å². The smallest absolute Gasteiger partial charge is 0.409 e. The number of rotatable bonds is 7. The summed E-state index contributed by atoms with van der Waals surface area (Å²) in [6.07, 6.45) is 7.39. The van der Waals surface area contributed by atoms with Gasteiger partial charge in [0.2, 0.25) is 0 Å². The first-order valence-corrected chi connectivity index (χ1v) is 11.0. The third-order valence-corrected chi connectivity index (χ3v) is 6.72. The fourth-order valence-corrected chi connectivity index (χ4v) is 4.79. The average molecular weight is 389 g/mol. The molecular weight excluding hydrogens is 352 g/mol. The minimum atomic E-state index is -0.169. The largest absolute Gasteiger partial charge is 0.450 e. The molecule has 0 spiro atoms. The second-order valence-corrected chi connectivity index (χ2v) is 8.45. The lowest BCUT2D eigenvalue weighted by molar-refractivity contribution is 0.00608. The number of aliphatic hydroxyl groups excluding tert-OH is 1. The van der Waals surface area contributed by atoms with E-state index in [0.29, 0.717) is 19.3 Å². The van der Waals surface area contributed by atoms with E-state index >= 15 is 0 Å². The van der Waals surface area contributed by atoms with E-state index in [9.17, 15) is 9.90 Å². The molecule has 156 valence electrons. The van der Waals surface area contributed by atoms with Crippen molar-refractivity contribution in [3.05, 3.63) is 35.9 Å². The van der Waals surface area contributed by atoms with Crippen molar-refractivity contribution in [2.24, 2.45) is 5.41 Å². The van der Waals surface area contributed by atoms with Crippen LogP contribution in [0.5, 0.6) is 0 Å². The summed E-state index contributed by atoms with van der Waals surface area (Å²) in [5, 5.41) is 10.1. The summed E-state index contributed by atoms with van der Waals surface area (Å²) in [5.41, 5.74) is 1.48. The van der Waals surface area contributed by atoms with Gasteiger partial charge in [0.15, 0.2) is 0 Å². The lowest BCUT2D eigenvalue weighted by Gasteiger charge is -2.45. The van der Waals surface area contributed by atoms with Crippen molar-refractivity contribution in [3.63, 3.8) is 0 Å². The van der Waals surface area contributed by atoms with Gasteiger partial charge in [0.1, 0.15) is 0 Å². The molecule has 2 heterocycles. The van der Waals surface area contributed by atoms with Crippen LogP contribution >= 0.6 is 0 Å². The van der Waals surface area contributed by atoms with Gasteiger partial charge in [-0.15, -0.1) is 0 Å². The number of piperidine rings is 2. The van der Waals surface area contributed by atoms with Crippen LogP contribution in [-0.4, -0.2) is 66.4 Å². The monoisotopic (exact) mass is 388 g/mol. The highest BCUT2D eigenvalue weighted by atomic mass is 16.6. The summed E-state index contributed by atoms with van der Waals surface area (Å²) in [4.78, 5) is 16.3. The molecule has 0 saturated carbocycles. The molecule has 0 unspecified atom stereocenters.